The minimum atomic E-state index is -0.883. The quantitative estimate of drug-likeness (QED) is 0.491. The highest BCUT2D eigenvalue weighted by atomic mass is 32.1. The van der Waals surface area contributed by atoms with Crippen LogP contribution in [0.4, 0.5) is 5.69 Å². The number of thiol groups is 1. The van der Waals surface area contributed by atoms with E-state index in [2.05, 4.69) is 22.8 Å². The molecule has 1 atom stereocenters. The summed E-state index contributed by atoms with van der Waals surface area (Å²) in [6.45, 7) is 5.08. The van der Waals surface area contributed by atoms with Gasteiger partial charge in [0.15, 0.2) is 0 Å². The molecule has 30 heavy (non-hydrogen) atoms. The van der Waals surface area contributed by atoms with E-state index in [9.17, 15) is 9.59 Å². The van der Waals surface area contributed by atoms with Crippen molar-refractivity contribution in [2.45, 2.75) is 37.4 Å². The number of carbonyl (C=O) groups is 2. The summed E-state index contributed by atoms with van der Waals surface area (Å²) in [6, 6.07) is 16.6. The highest BCUT2D eigenvalue weighted by Gasteiger charge is 2.29. The van der Waals surface area contributed by atoms with Gasteiger partial charge in [0.05, 0.1) is 10.3 Å². The average molecular weight is 427 g/mol. The number of hydrogen-bond acceptors (Lipinski definition) is 5. The average Bonchev–Trinajstić information content (AvgIpc) is 2.75. The number of benzene rings is 2. The second kappa shape index (κ2) is 10.6. The Morgan fingerprint density at radius 1 is 1.07 bits per heavy atom. The summed E-state index contributed by atoms with van der Waals surface area (Å²) in [5, 5.41) is 2.87. The van der Waals surface area contributed by atoms with E-state index < -0.39 is 4.75 Å². The van der Waals surface area contributed by atoms with Gasteiger partial charge in [0.2, 0.25) is 5.91 Å². The Hall–Kier alpha value is -2.31. The topological polar surface area (TPSA) is 58.6 Å². The number of carbonyl (C=O) groups excluding carboxylic acids is 2. The van der Waals surface area contributed by atoms with Crippen molar-refractivity contribution in [2.24, 2.45) is 0 Å². The molecule has 1 saturated heterocycles. The third-order valence-corrected chi connectivity index (χ3v) is 5.69. The number of amides is 1. The van der Waals surface area contributed by atoms with Crippen molar-refractivity contribution in [1.29, 1.82) is 0 Å². The number of ether oxygens (including phenoxy) is 1. The maximum atomic E-state index is 12.8. The molecule has 1 heterocycles. The molecule has 0 spiro atoms. The van der Waals surface area contributed by atoms with Gasteiger partial charge in [0.25, 0.3) is 0 Å². The lowest BCUT2D eigenvalue weighted by molar-refractivity contribution is -0.118. The van der Waals surface area contributed by atoms with E-state index in [4.69, 9.17) is 4.74 Å². The number of hydrogen-bond donors (Lipinski definition) is 2. The molecule has 1 aliphatic heterocycles. The number of nitrogens with one attached hydrogen (secondary N) is 1. The zero-order valence-corrected chi connectivity index (χ0v) is 18.4. The van der Waals surface area contributed by atoms with E-state index >= 15 is 0 Å². The normalized spacial score (nSPS) is 16.5. The third kappa shape index (κ3) is 6.61. The van der Waals surface area contributed by atoms with Crippen LogP contribution in [0.2, 0.25) is 0 Å². The summed E-state index contributed by atoms with van der Waals surface area (Å²) in [7, 11) is 0. The van der Waals surface area contributed by atoms with Gasteiger partial charge in [-0.3, -0.25) is 9.69 Å². The van der Waals surface area contributed by atoms with Crippen molar-refractivity contribution >= 4 is 30.2 Å². The van der Waals surface area contributed by atoms with Gasteiger partial charge in [0.1, 0.15) is 6.61 Å². The fourth-order valence-electron chi connectivity index (χ4n) is 3.60. The Kier molecular flexibility index (Phi) is 7.94. The second-order valence-electron chi connectivity index (χ2n) is 8.01. The summed E-state index contributed by atoms with van der Waals surface area (Å²) < 4.78 is 4.55. The highest BCUT2D eigenvalue weighted by molar-refractivity contribution is 7.82. The van der Waals surface area contributed by atoms with Gasteiger partial charge in [0, 0.05) is 12.2 Å². The monoisotopic (exact) mass is 426 g/mol. The Morgan fingerprint density at radius 3 is 2.53 bits per heavy atom. The fraction of sp³-hybridized carbons (Fsp3) is 0.417. The van der Waals surface area contributed by atoms with Gasteiger partial charge >= 0.3 is 5.97 Å². The number of anilines is 1. The molecule has 1 unspecified atom stereocenters. The number of esters is 1. The first kappa shape index (κ1) is 22.4. The SMILES string of the molecule is CC(S)(Cc1ccccc1)C(=O)Nc1cccc(C(=O)OCCN2CCCCC2)c1. The van der Waals surface area contributed by atoms with Gasteiger partial charge in [-0.05, 0) is 63.0 Å². The van der Waals surface area contributed by atoms with Gasteiger partial charge < -0.3 is 10.1 Å². The molecular formula is C24H30N2O3S. The highest BCUT2D eigenvalue weighted by Crippen LogP contribution is 2.23. The van der Waals surface area contributed by atoms with Crippen molar-refractivity contribution in [3.05, 3.63) is 65.7 Å². The first-order valence-corrected chi connectivity index (χ1v) is 11.0. The molecule has 0 saturated carbocycles. The predicted molar refractivity (Wildman–Crippen MR) is 123 cm³/mol. The van der Waals surface area contributed by atoms with Crippen molar-refractivity contribution in [2.75, 3.05) is 31.6 Å². The smallest absolute Gasteiger partial charge is 0.338 e. The van der Waals surface area contributed by atoms with Crippen molar-refractivity contribution in [3.63, 3.8) is 0 Å². The lowest BCUT2D eigenvalue weighted by Crippen LogP contribution is -2.37. The van der Waals surface area contributed by atoms with Crippen LogP contribution in [0, 0.1) is 0 Å². The summed E-state index contributed by atoms with van der Waals surface area (Å²) in [5.41, 5.74) is 2.02. The molecule has 1 N–H and O–H groups in total. The first-order chi connectivity index (χ1) is 14.4. The molecule has 0 bridgehead atoms. The molecule has 1 aliphatic rings. The van der Waals surface area contributed by atoms with Gasteiger partial charge in [-0.15, -0.1) is 0 Å². The lowest BCUT2D eigenvalue weighted by atomic mass is 9.99. The maximum Gasteiger partial charge on any atom is 0.338 e. The Balaban J connectivity index is 1.53. The standard InChI is InChI=1S/C24H30N2O3S/c1-24(30,18-19-9-4-2-5-10-19)23(28)25-21-12-8-11-20(17-21)22(27)29-16-15-26-13-6-3-7-14-26/h2,4-5,8-12,17,30H,3,6-7,13-16,18H2,1H3,(H,25,28). The molecular weight excluding hydrogens is 396 g/mol. The predicted octanol–water partition coefficient (Wildman–Crippen LogP) is 4.20. The zero-order valence-electron chi connectivity index (χ0n) is 17.5. The second-order valence-corrected chi connectivity index (χ2v) is 9.00. The van der Waals surface area contributed by atoms with Gasteiger partial charge in [-0.1, -0.05) is 42.8 Å². The number of likely N-dealkylation sites (tertiary alicyclic amines) is 1. The van der Waals surface area contributed by atoms with E-state index in [0.29, 0.717) is 24.3 Å². The molecule has 2 aromatic rings. The molecule has 0 radical (unpaired) electrons. The van der Waals surface area contributed by atoms with Gasteiger partial charge in [-0.2, -0.15) is 12.6 Å². The number of piperidine rings is 1. The Morgan fingerprint density at radius 2 is 1.80 bits per heavy atom. The molecule has 2 aromatic carbocycles. The minimum absolute atomic E-state index is 0.217. The van der Waals surface area contributed by atoms with Crippen LogP contribution < -0.4 is 5.32 Å². The Labute approximate surface area is 184 Å². The van der Waals surface area contributed by atoms with Crippen molar-refractivity contribution in [1.82, 2.24) is 4.90 Å². The van der Waals surface area contributed by atoms with Crippen LogP contribution in [-0.4, -0.2) is 47.8 Å². The first-order valence-electron chi connectivity index (χ1n) is 10.5. The fourth-order valence-corrected chi connectivity index (χ4v) is 3.84. The van der Waals surface area contributed by atoms with E-state index in [1.54, 1.807) is 31.2 Å². The molecule has 0 aromatic heterocycles. The zero-order chi connectivity index (χ0) is 21.4. The molecule has 5 nitrogen and oxygen atoms in total. The molecule has 3 rings (SSSR count). The molecule has 160 valence electrons. The third-order valence-electron chi connectivity index (χ3n) is 5.33. The summed E-state index contributed by atoms with van der Waals surface area (Å²) in [4.78, 5) is 27.5. The van der Waals surface area contributed by atoms with Crippen LogP contribution in [0.1, 0.15) is 42.1 Å². The lowest BCUT2D eigenvalue weighted by Gasteiger charge is -2.25. The van der Waals surface area contributed by atoms with E-state index in [1.807, 2.05) is 30.3 Å². The van der Waals surface area contributed by atoms with Crippen LogP contribution in [-0.2, 0) is 16.0 Å². The molecule has 1 fully saturated rings. The van der Waals surface area contributed by atoms with Crippen molar-refractivity contribution < 1.29 is 14.3 Å². The summed E-state index contributed by atoms with van der Waals surface area (Å²) >= 11 is 4.58. The van der Waals surface area contributed by atoms with Crippen LogP contribution in [0.15, 0.2) is 54.6 Å². The molecule has 6 heteroatoms. The van der Waals surface area contributed by atoms with E-state index in [1.165, 1.54) is 19.3 Å². The van der Waals surface area contributed by atoms with Crippen LogP contribution in [0.3, 0.4) is 0 Å². The van der Waals surface area contributed by atoms with Crippen molar-refractivity contribution in [3.8, 4) is 0 Å². The molecule has 0 aliphatic carbocycles. The van der Waals surface area contributed by atoms with Gasteiger partial charge in [-0.25, -0.2) is 4.79 Å². The van der Waals surface area contributed by atoms with Crippen LogP contribution >= 0.6 is 12.6 Å². The largest absolute Gasteiger partial charge is 0.461 e. The van der Waals surface area contributed by atoms with Crippen LogP contribution in [0.5, 0.6) is 0 Å². The minimum Gasteiger partial charge on any atom is -0.461 e. The summed E-state index contributed by atoms with van der Waals surface area (Å²) in [5.74, 6) is -0.591. The molecule has 1 amide bonds. The summed E-state index contributed by atoms with van der Waals surface area (Å²) in [6.07, 6.45) is 4.21. The number of nitrogens with zero attached hydrogens (tertiary/aromatic N) is 1. The van der Waals surface area contributed by atoms with E-state index in [-0.39, 0.29) is 11.9 Å². The van der Waals surface area contributed by atoms with Crippen LogP contribution in [0.25, 0.3) is 0 Å². The number of rotatable bonds is 8. The maximum absolute atomic E-state index is 12.8. The van der Waals surface area contributed by atoms with E-state index in [0.717, 1.165) is 25.2 Å². The Bertz CT molecular complexity index is 849.